The van der Waals surface area contributed by atoms with Crippen molar-refractivity contribution >= 4 is 17.7 Å². The second-order valence-electron chi connectivity index (χ2n) is 8.09. The molecule has 0 spiro atoms. The van der Waals surface area contributed by atoms with Crippen molar-refractivity contribution in [2.45, 2.75) is 51.2 Å². The van der Waals surface area contributed by atoms with Crippen LogP contribution in [0.3, 0.4) is 0 Å². The lowest BCUT2D eigenvalue weighted by molar-refractivity contribution is -0.118. The molecule has 0 fully saturated rings. The zero-order valence-corrected chi connectivity index (χ0v) is 18.2. The number of benzene rings is 2. The zero-order chi connectivity index (χ0) is 22.2. The van der Waals surface area contributed by atoms with Gasteiger partial charge < -0.3 is 15.0 Å². The van der Waals surface area contributed by atoms with E-state index in [1.54, 1.807) is 4.90 Å². The van der Waals surface area contributed by atoms with E-state index < -0.39 is 6.09 Å². The van der Waals surface area contributed by atoms with Gasteiger partial charge in [0, 0.05) is 24.1 Å². The van der Waals surface area contributed by atoms with Crippen LogP contribution in [-0.4, -0.2) is 24.6 Å². The molecule has 0 radical (unpaired) electrons. The Morgan fingerprint density at radius 2 is 1.72 bits per heavy atom. The molecule has 5 nitrogen and oxygen atoms in total. The summed E-state index contributed by atoms with van der Waals surface area (Å²) in [6, 6.07) is 15.6. The standard InChI is InChI=1S/C27H28N2O3/c30-26(18-19-28-27(31)32-24-13-4-2-1-3-5-14-24)29-20-23-12-7-6-10-21(23)16-17-22-11-8-9-15-25(22)29/h1-2,6-12,15,24H,3-5,13-14,18-20H2,(H,28,31)/b2-1+. The third kappa shape index (κ3) is 5.59. The highest BCUT2D eigenvalue weighted by molar-refractivity contribution is 5.95. The number of para-hydroxylation sites is 1. The first-order valence-electron chi connectivity index (χ1n) is 11.3. The predicted molar refractivity (Wildman–Crippen MR) is 125 cm³/mol. The summed E-state index contributed by atoms with van der Waals surface area (Å²) in [7, 11) is 0. The van der Waals surface area contributed by atoms with Crippen LogP contribution in [0, 0.1) is 11.8 Å². The lowest BCUT2D eigenvalue weighted by Crippen LogP contribution is -2.36. The summed E-state index contributed by atoms with van der Waals surface area (Å²) in [5.41, 5.74) is 3.55. The van der Waals surface area contributed by atoms with E-state index in [1.807, 2.05) is 48.5 Å². The van der Waals surface area contributed by atoms with Crippen molar-refractivity contribution in [1.82, 2.24) is 5.32 Å². The van der Waals surface area contributed by atoms with Crippen molar-refractivity contribution in [3.8, 4) is 11.8 Å². The van der Waals surface area contributed by atoms with Crippen LogP contribution in [0.25, 0.3) is 0 Å². The van der Waals surface area contributed by atoms with Crippen LogP contribution in [0.5, 0.6) is 0 Å². The van der Waals surface area contributed by atoms with Crippen molar-refractivity contribution in [2.75, 3.05) is 11.4 Å². The normalized spacial score (nSPS) is 18.2. The van der Waals surface area contributed by atoms with Gasteiger partial charge in [-0.05, 0) is 55.9 Å². The Hall–Kier alpha value is -3.52. The molecule has 1 aliphatic heterocycles. The second kappa shape index (κ2) is 10.7. The number of alkyl carbamates (subject to hydrolysis) is 1. The maximum Gasteiger partial charge on any atom is 0.407 e. The van der Waals surface area contributed by atoms with E-state index in [4.69, 9.17) is 4.74 Å². The molecule has 4 rings (SSSR count). The third-order valence-corrected chi connectivity index (χ3v) is 5.77. The third-order valence-electron chi connectivity index (χ3n) is 5.77. The monoisotopic (exact) mass is 428 g/mol. The Morgan fingerprint density at radius 3 is 2.62 bits per heavy atom. The fourth-order valence-electron chi connectivity index (χ4n) is 4.05. The quantitative estimate of drug-likeness (QED) is 0.554. The number of rotatable bonds is 4. The smallest absolute Gasteiger partial charge is 0.407 e. The Kier molecular flexibility index (Phi) is 7.24. The summed E-state index contributed by atoms with van der Waals surface area (Å²) in [4.78, 5) is 27.2. The molecule has 0 saturated carbocycles. The Morgan fingerprint density at radius 1 is 0.969 bits per heavy atom. The van der Waals surface area contributed by atoms with Gasteiger partial charge in [0.15, 0.2) is 0 Å². The molecule has 2 aromatic carbocycles. The molecular weight excluding hydrogens is 400 g/mol. The summed E-state index contributed by atoms with van der Waals surface area (Å²) in [6.07, 6.45) is 8.71. The molecule has 0 aromatic heterocycles. The molecule has 2 amide bonds. The van der Waals surface area contributed by atoms with Crippen LogP contribution in [-0.2, 0) is 16.1 Å². The highest BCUT2D eigenvalue weighted by Crippen LogP contribution is 2.25. The SMILES string of the molecule is O=C(NCCC(=O)N1Cc2ccccc2C#Cc2ccccc21)OC1CC/C=C/CCC1. The van der Waals surface area contributed by atoms with E-state index in [2.05, 4.69) is 29.3 Å². The number of carbonyl (C=O) groups is 2. The number of amides is 2. The average molecular weight is 429 g/mol. The molecule has 32 heavy (non-hydrogen) atoms. The number of fused-ring (bicyclic) bond motifs is 2. The number of anilines is 1. The zero-order valence-electron chi connectivity index (χ0n) is 18.2. The molecule has 1 N–H and O–H groups in total. The van der Waals surface area contributed by atoms with E-state index >= 15 is 0 Å². The lowest BCUT2D eigenvalue weighted by Gasteiger charge is -2.26. The van der Waals surface area contributed by atoms with Gasteiger partial charge in [-0.15, -0.1) is 0 Å². The van der Waals surface area contributed by atoms with Gasteiger partial charge >= 0.3 is 6.09 Å². The summed E-state index contributed by atoms with van der Waals surface area (Å²) in [5.74, 6) is 6.35. The number of hydrogen-bond acceptors (Lipinski definition) is 3. The maximum absolute atomic E-state index is 13.2. The van der Waals surface area contributed by atoms with Crippen LogP contribution >= 0.6 is 0 Å². The first-order chi connectivity index (χ1) is 15.7. The molecular formula is C27H28N2O3. The highest BCUT2D eigenvalue weighted by atomic mass is 16.6. The van der Waals surface area contributed by atoms with E-state index in [9.17, 15) is 9.59 Å². The van der Waals surface area contributed by atoms with Gasteiger partial charge in [0.05, 0.1) is 12.2 Å². The minimum absolute atomic E-state index is 0.0626. The summed E-state index contributed by atoms with van der Waals surface area (Å²) in [5, 5.41) is 2.75. The van der Waals surface area contributed by atoms with E-state index in [1.165, 1.54) is 0 Å². The molecule has 1 unspecified atom stereocenters. The van der Waals surface area contributed by atoms with Gasteiger partial charge in [0.2, 0.25) is 5.91 Å². The van der Waals surface area contributed by atoms with Gasteiger partial charge in [0.25, 0.3) is 0 Å². The number of nitrogens with one attached hydrogen (secondary N) is 1. The molecule has 1 aliphatic carbocycles. The maximum atomic E-state index is 13.2. The lowest BCUT2D eigenvalue weighted by atomic mass is 10.0. The van der Waals surface area contributed by atoms with Crippen LogP contribution < -0.4 is 10.2 Å². The van der Waals surface area contributed by atoms with Crippen LogP contribution in [0.4, 0.5) is 10.5 Å². The van der Waals surface area contributed by atoms with Gasteiger partial charge in [0.1, 0.15) is 6.10 Å². The molecule has 1 atom stereocenters. The number of nitrogens with zero attached hydrogens (tertiary/aromatic N) is 1. The molecule has 2 aliphatic rings. The fraction of sp³-hybridized carbons (Fsp3) is 0.333. The van der Waals surface area contributed by atoms with Gasteiger partial charge in [-0.1, -0.05) is 54.3 Å². The van der Waals surface area contributed by atoms with E-state index in [0.717, 1.165) is 54.5 Å². The summed E-state index contributed by atoms with van der Waals surface area (Å²) >= 11 is 0. The predicted octanol–water partition coefficient (Wildman–Crippen LogP) is 4.94. The molecule has 2 aromatic rings. The summed E-state index contributed by atoms with van der Waals surface area (Å²) in [6.45, 7) is 0.678. The topological polar surface area (TPSA) is 58.6 Å². The van der Waals surface area contributed by atoms with Gasteiger partial charge in [-0.2, -0.15) is 0 Å². The number of allylic oxidation sites excluding steroid dienone is 2. The Balaban J connectivity index is 1.38. The fourth-order valence-corrected chi connectivity index (χ4v) is 4.05. The average Bonchev–Trinajstić information content (AvgIpc) is 2.77. The first kappa shape index (κ1) is 21.7. The summed E-state index contributed by atoms with van der Waals surface area (Å²) < 4.78 is 5.57. The van der Waals surface area contributed by atoms with Crippen molar-refractivity contribution in [3.05, 3.63) is 77.4 Å². The van der Waals surface area contributed by atoms with Crippen molar-refractivity contribution in [2.24, 2.45) is 0 Å². The highest BCUT2D eigenvalue weighted by Gasteiger charge is 2.21. The van der Waals surface area contributed by atoms with Crippen LogP contribution in [0.15, 0.2) is 60.7 Å². The van der Waals surface area contributed by atoms with Crippen LogP contribution in [0.1, 0.15) is 55.2 Å². The minimum Gasteiger partial charge on any atom is -0.446 e. The Bertz CT molecular complexity index is 1060. The van der Waals surface area contributed by atoms with Crippen LogP contribution in [0.2, 0.25) is 0 Å². The van der Waals surface area contributed by atoms with E-state index in [-0.39, 0.29) is 25.0 Å². The number of carbonyl (C=O) groups excluding carboxylic acids is 2. The number of ether oxygens (including phenoxy) is 1. The molecule has 164 valence electrons. The van der Waals surface area contributed by atoms with Gasteiger partial charge in [-0.3, -0.25) is 4.79 Å². The molecule has 1 heterocycles. The van der Waals surface area contributed by atoms with Crippen molar-refractivity contribution < 1.29 is 14.3 Å². The molecule has 0 bridgehead atoms. The largest absolute Gasteiger partial charge is 0.446 e. The minimum atomic E-state index is -0.448. The molecule has 0 saturated heterocycles. The second-order valence-corrected chi connectivity index (χ2v) is 8.09. The molecule has 5 heteroatoms. The van der Waals surface area contributed by atoms with Crippen molar-refractivity contribution in [3.63, 3.8) is 0 Å². The first-order valence-corrected chi connectivity index (χ1v) is 11.3. The Labute approximate surface area is 189 Å². The van der Waals surface area contributed by atoms with E-state index in [0.29, 0.717) is 6.54 Å². The van der Waals surface area contributed by atoms with Gasteiger partial charge in [-0.25, -0.2) is 4.79 Å². The van der Waals surface area contributed by atoms with Crippen molar-refractivity contribution in [1.29, 1.82) is 0 Å². The number of hydrogen-bond donors (Lipinski definition) is 1.